The van der Waals surface area contributed by atoms with Crippen molar-refractivity contribution in [1.82, 2.24) is 15.1 Å². The van der Waals surface area contributed by atoms with E-state index >= 15 is 0 Å². The molecule has 2 fully saturated rings. The van der Waals surface area contributed by atoms with Crippen LogP contribution in [0.15, 0.2) is 30.3 Å². The standard InChI is InChI=1S/C19H29N3O2.ClH/c23-19(22-13-9-20-10-14-22)7-12-21(18-8-15-24-16-18)11-6-17-4-2-1-3-5-17;/h1-5,18,20H,6-16H2;1H. The van der Waals surface area contributed by atoms with Crippen LogP contribution in [0.25, 0.3) is 0 Å². The van der Waals surface area contributed by atoms with E-state index < -0.39 is 0 Å². The first-order valence-corrected chi connectivity index (χ1v) is 9.17. The molecule has 140 valence electrons. The highest BCUT2D eigenvalue weighted by molar-refractivity contribution is 5.85. The van der Waals surface area contributed by atoms with Crippen molar-refractivity contribution >= 4 is 18.3 Å². The zero-order chi connectivity index (χ0) is 16.6. The van der Waals surface area contributed by atoms with Crippen molar-refractivity contribution in [1.29, 1.82) is 0 Å². The number of carbonyl (C=O) groups excluding carboxylic acids is 1. The van der Waals surface area contributed by atoms with Crippen LogP contribution in [0.2, 0.25) is 0 Å². The Bertz CT molecular complexity index is 503. The summed E-state index contributed by atoms with van der Waals surface area (Å²) < 4.78 is 5.57. The van der Waals surface area contributed by atoms with Gasteiger partial charge in [0.1, 0.15) is 0 Å². The Morgan fingerprint density at radius 1 is 1.20 bits per heavy atom. The van der Waals surface area contributed by atoms with Crippen LogP contribution in [0, 0.1) is 0 Å². The van der Waals surface area contributed by atoms with E-state index in [1.807, 2.05) is 4.90 Å². The molecule has 2 aliphatic heterocycles. The summed E-state index contributed by atoms with van der Waals surface area (Å²) in [6, 6.07) is 11.0. The number of piperazine rings is 1. The van der Waals surface area contributed by atoms with Crippen LogP contribution < -0.4 is 5.32 Å². The minimum Gasteiger partial charge on any atom is -0.380 e. The van der Waals surface area contributed by atoms with Crippen molar-refractivity contribution in [2.75, 3.05) is 52.5 Å². The normalized spacial score (nSPS) is 20.5. The molecule has 2 saturated heterocycles. The number of amides is 1. The minimum absolute atomic E-state index is 0. The molecule has 0 aromatic heterocycles. The number of carbonyl (C=O) groups is 1. The number of halogens is 1. The van der Waals surface area contributed by atoms with Gasteiger partial charge in [0.25, 0.3) is 0 Å². The van der Waals surface area contributed by atoms with Gasteiger partial charge in [0.15, 0.2) is 0 Å². The monoisotopic (exact) mass is 367 g/mol. The van der Waals surface area contributed by atoms with Gasteiger partial charge in [0, 0.05) is 58.3 Å². The molecule has 1 atom stereocenters. The van der Waals surface area contributed by atoms with Crippen LogP contribution >= 0.6 is 12.4 Å². The first kappa shape index (κ1) is 20.2. The quantitative estimate of drug-likeness (QED) is 0.794. The maximum absolute atomic E-state index is 12.4. The first-order valence-electron chi connectivity index (χ1n) is 9.17. The lowest BCUT2D eigenvalue weighted by atomic mass is 10.1. The van der Waals surface area contributed by atoms with Crippen molar-refractivity contribution in [3.63, 3.8) is 0 Å². The molecule has 1 N–H and O–H groups in total. The molecule has 1 amide bonds. The third-order valence-electron chi connectivity index (χ3n) is 5.04. The smallest absolute Gasteiger partial charge is 0.223 e. The molecule has 0 spiro atoms. The molecular weight excluding hydrogens is 338 g/mol. The third kappa shape index (κ3) is 6.26. The molecule has 1 aromatic rings. The molecule has 0 radical (unpaired) electrons. The Morgan fingerprint density at radius 2 is 1.96 bits per heavy atom. The van der Waals surface area contributed by atoms with E-state index in [2.05, 4.69) is 40.5 Å². The Balaban J connectivity index is 0.00000225. The summed E-state index contributed by atoms with van der Waals surface area (Å²) in [5, 5.41) is 3.30. The van der Waals surface area contributed by atoms with Gasteiger partial charge in [0.2, 0.25) is 5.91 Å². The predicted octanol–water partition coefficient (Wildman–Crippen LogP) is 1.56. The second-order valence-corrected chi connectivity index (χ2v) is 6.67. The van der Waals surface area contributed by atoms with Crippen molar-refractivity contribution in [2.45, 2.75) is 25.3 Å². The molecule has 1 aromatic carbocycles. The fourth-order valence-electron chi connectivity index (χ4n) is 3.52. The molecule has 6 heteroatoms. The maximum Gasteiger partial charge on any atom is 0.223 e. The van der Waals surface area contributed by atoms with Gasteiger partial charge in [-0.15, -0.1) is 12.4 Å². The highest BCUT2D eigenvalue weighted by Crippen LogP contribution is 2.14. The van der Waals surface area contributed by atoms with Gasteiger partial charge in [-0.1, -0.05) is 30.3 Å². The van der Waals surface area contributed by atoms with Crippen molar-refractivity contribution in [3.8, 4) is 0 Å². The molecule has 3 rings (SSSR count). The molecule has 0 bridgehead atoms. The van der Waals surface area contributed by atoms with E-state index in [1.165, 1.54) is 5.56 Å². The van der Waals surface area contributed by atoms with Crippen LogP contribution in [0.4, 0.5) is 0 Å². The number of ether oxygens (including phenoxy) is 1. The highest BCUT2D eigenvalue weighted by Gasteiger charge is 2.24. The van der Waals surface area contributed by atoms with Crippen LogP contribution in [0.5, 0.6) is 0 Å². The molecule has 1 unspecified atom stereocenters. The van der Waals surface area contributed by atoms with Gasteiger partial charge in [-0.25, -0.2) is 0 Å². The Hall–Kier alpha value is -1.14. The number of hydrogen-bond acceptors (Lipinski definition) is 4. The summed E-state index contributed by atoms with van der Waals surface area (Å²) in [5.41, 5.74) is 1.36. The van der Waals surface area contributed by atoms with Crippen LogP contribution in [0.3, 0.4) is 0 Å². The molecule has 2 heterocycles. The van der Waals surface area contributed by atoms with Gasteiger partial charge < -0.3 is 15.0 Å². The van der Waals surface area contributed by atoms with Gasteiger partial charge in [-0.05, 0) is 18.4 Å². The lowest BCUT2D eigenvalue weighted by molar-refractivity contribution is -0.132. The Kier molecular flexibility index (Phi) is 8.68. The lowest BCUT2D eigenvalue weighted by Gasteiger charge is -2.31. The molecular formula is C19H30ClN3O2. The van der Waals surface area contributed by atoms with Gasteiger partial charge in [-0.3, -0.25) is 9.69 Å². The number of rotatable bonds is 7. The van der Waals surface area contributed by atoms with Crippen molar-refractivity contribution in [2.24, 2.45) is 0 Å². The average Bonchev–Trinajstić information content (AvgIpc) is 3.17. The fourth-order valence-corrected chi connectivity index (χ4v) is 3.52. The number of nitrogens with one attached hydrogen (secondary N) is 1. The fraction of sp³-hybridized carbons (Fsp3) is 0.632. The first-order chi connectivity index (χ1) is 11.8. The zero-order valence-corrected chi connectivity index (χ0v) is 15.7. The van der Waals surface area contributed by atoms with E-state index in [9.17, 15) is 4.79 Å². The van der Waals surface area contributed by atoms with Gasteiger partial charge in [-0.2, -0.15) is 0 Å². The summed E-state index contributed by atoms with van der Waals surface area (Å²) in [6.07, 6.45) is 2.72. The lowest BCUT2D eigenvalue weighted by Crippen LogP contribution is -2.47. The van der Waals surface area contributed by atoms with Crippen LogP contribution in [-0.2, 0) is 16.0 Å². The second kappa shape index (κ2) is 10.8. The summed E-state index contributed by atoms with van der Waals surface area (Å²) in [7, 11) is 0. The summed E-state index contributed by atoms with van der Waals surface area (Å²) in [4.78, 5) is 16.9. The van der Waals surface area contributed by atoms with E-state index in [0.717, 1.165) is 65.3 Å². The SMILES string of the molecule is Cl.O=C(CCN(CCc1ccccc1)C1CCOC1)N1CCNCC1. The molecule has 0 saturated carbocycles. The highest BCUT2D eigenvalue weighted by atomic mass is 35.5. The second-order valence-electron chi connectivity index (χ2n) is 6.67. The minimum atomic E-state index is 0. The van der Waals surface area contributed by atoms with E-state index in [4.69, 9.17) is 4.74 Å². The summed E-state index contributed by atoms with van der Waals surface area (Å²) >= 11 is 0. The van der Waals surface area contributed by atoms with Crippen LogP contribution in [0.1, 0.15) is 18.4 Å². The predicted molar refractivity (Wildman–Crippen MR) is 102 cm³/mol. The molecule has 2 aliphatic rings. The van der Waals surface area contributed by atoms with Crippen LogP contribution in [-0.4, -0.2) is 74.2 Å². The largest absolute Gasteiger partial charge is 0.380 e. The van der Waals surface area contributed by atoms with Crippen molar-refractivity contribution in [3.05, 3.63) is 35.9 Å². The molecule has 5 nitrogen and oxygen atoms in total. The third-order valence-corrected chi connectivity index (χ3v) is 5.04. The van der Waals surface area contributed by atoms with Gasteiger partial charge in [0.05, 0.1) is 6.61 Å². The summed E-state index contributed by atoms with van der Waals surface area (Å²) in [5.74, 6) is 0.292. The Morgan fingerprint density at radius 3 is 2.64 bits per heavy atom. The zero-order valence-electron chi connectivity index (χ0n) is 14.9. The van der Waals surface area contributed by atoms with E-state index in [1.54, 1.807) is 0 Å². The maximum atomic E-state index is 12.4. The van der Waals surface area contributed by atoms with E-state index in [0.29, 0.717) is 18.4 Å². The summed E-state index contributed by atoms with van der Waals surface area (Å²) in [6.45, 7) is 7.00. The van der Waals surface area contributed by atoms with E-state index in [-0.39, 0.29) is 12.4 Å². The number of benzene rings is 1. The molecule has 25 heavy (non-hydrogen) atoms. The molecule has 0 aliphatic carbocycles. The van der Waals surface area contributed by atoms with Gasteiger partial charge >= 0.3 is 0 Å². The number of nitrogens with zero attached hydrogens (tertiary/aromatic N) is 2. The van der Waals surface area contributed by atoms with Crippen molar-refractivity contribution < 1.29 is 9.53 Å². The topological polar surface area (TPSA) is 44.8 Å². The number of hydrogen-bond donors (Lipinski definition) is 1. The Labute approximate surface area is 157 Å². The average molecular weight is 368 g/mol.